The number of hydrogen-bond donors (Lipinski definition) is 1. The van der Waals surface area contributed by atoms with Gasteiger partial charge in [-0.15, -0.1) is 0 Å². The van der Waals surface area contributed by atoms with Crippen molar-refractivity contribution in [1.82, 2.24) is 9.97 Å². The molecule has 0 amide bonds. The molecule has 0 saturated carbocycles. The van der Waals surface area contributed by atoms with Gasteiger partial charge in [-0.25, -0.2) is 4.98 Å². The lowest BCUT2D eigenvalue weighted by molar-refractivity contribution is 0.436. The summed E-state index contributed by atoms with van der Waals surface area (Å²) in [5, 5.41) is 8.87. The number of nitrogens with zero attached hydrogens (tertiary/aromatic N) is 3. The van der Waals surface area contributed by atoms with Gasteiger partial charge < -0.3 is 10.5 Å². The third kappa shape index (κ3) is 2.38. The van der Waals surface area contributed by atoms with Crippen molar-refractivity contribution in [2.24, 2.45) is 0 Å². The van der Waals surface area contributed by atoms with Gasteiger partial charge in [-0.3, -0.25) is 0 Å². The Hall–Kier alpha value is -2.61. The standard InChI is InChI=1S/C13H12N4O/c1-8-5-10(7-14)6-9(2)12(8)18-13-16-4-3-11(15)17-13/h3-6H,1-2H3,(H2,15,16,17). The van der Waals surface area contributed by atoms with Crippen molar-refractivity contribution in [3.8, 4) is 17.8 Å². The second-order valence-corrected chi connectivity index (χ2v) is 3.92. The van der Waals surface area contributed by atoms with Gasteiger partial charge in [0.1, 0.15) is 11.6 Å². The fourth-order valence-electron chi connectivity index (χ4n) is 1.67. The summed E-state index contributed by atoms with van der Waals surface area (Å²) in [6.45, 7) is 3.74. The van der Waals surface area contributed by atoms with Crippen LogP contribution in [0.15, 0.2) is 24.4 Å². The second kappa shape index (κ2) is 4.72. The van der Waals surface area contributed by atoms with Crippen LogP contribution < -0.4 is 10.5 Å². The molecule has 2 rings (SSSR count). The van der Waals surface area contributed by atoms with Crippen LogP contribution >= 0.6 is 0 Å². The topological polar surface area (TPSA) is 84.8 Å². The summed E-state index contributed by atoms with van der Waals surface area (Å²) < 4.78 is 5.61. The molecule has 0 fully saturated rings. The molecule has 5 nitrogen and oxygen atoms in total. The molecule has 0 aliphatic rings. The number of hydrogen-bond acceptors (Lipinski definition) is 5. The highest BCUT2D eigenvalue weighted by atomic mass is 16.5. The molecule has 1 aromatic carbocycles. The molecule has 2 aromatic rings. The van der Waals surface area contributed by atoms with Crippen LogP contribution in [0.3, 0.4) is 0 Å². The summed E-state index contributed by atoms with van der Waals surface area (Å²) in [6, 6.07) is 7.41. The first-order valence-corrected chi connectivity index (χ1v) is 5.38. The monoisotopic (exact) mass is 240 g/mol. The van der Waals surface area contributed by atoms with Gasteiger partial charge in [-0.05, 0) is 43.2 Å². The van der Waals surface area contributed by atoms with Crippen LogP contribution in [0.25, 0.3) is 0 Å². The lowest BCUT2D eigenvalue weighted by Gasteiger charge is -2.10. The lowest BCUT2D eigenvalue weighted by Crippen LogP contribution is -1.98. The maximum Gasteiger partial charge on any atom is 0.323 e. The Kier molecular flexibility index (Phi) is 3.11. The van der Waals surface area contributed by atoms with Crippen LogP contribution in [0, 0.1) is 25.2 Å². The van der Waals surface area contributed by atoms with Crippen molar-refractivity contribution in [2.45, 2.75) is 13.8 Å². The van der Waals surface area contributed by atoms with Crippen LogP contribution in [0.5, 0.6) is 11.8 Å². The van der Waals surface area contributed by atoms with E-state index in [4.69, 9.17) is 15.7 Å². The van der Waals surface area contributed by atoms with E-state index in [0.717, 1.165) is 11.1 Å². The van der Waals surface area contributed by atoms with Crippen LogP contribution in [-0.4, -0.2) is 9.97 Å². The van der Waals surface area contributed by atoms with Gasteiger partial charge in [0.15, 0.2) is 0 Å². The molecule has 5 heteroatoms. The fourth-order valence-corrected chi connectivity index (χ4v) is 1.67. The number of anilines is 1. The number of aryl methyl sites for hydroxylation is 2. The van der Waals surface area contributed by atoms with Gasteiger partial charge in [-0.2, -0.15) is 10.2 Å². The van der Waals surface area contributed by atoms with Crippen molar-refractivity contribution in [2.75, 3.05) is 5.73 Å². The van der Waals surface area contributed by atoms with Crippen molar-refractivity contribution in [3.63, 3.8) is 0 Å². The zero-order valence-electron chi connectivity index (χ0n) is 10.1. The Morgan fingerprint density at radius 3 is 2.50 bits per heavy atom. The van der Waals surface area contributed by atoms with E-state index in [9.17, 15) is 0 Å². The first kappa shape index (κ1) is 11.9. The third-order valence-electron chi connectivity index (χ3n) is 2.44. The van der Waals surface area contributed by atoms with E-state index >= 15 is 0 Å². The van der Waals surface area contributed by atoms with Gasteiger partial charge in [0.2, 0.25) is 0 Å². The molecule has 1 aromatic heterocycles. The minimum absolute atomic E-state index is 0.200. The minimum Gasteiger partial charge on any atom is -0.424 e. The van der Waals surface area contributed by atoms with E-state index < -0.39 is 0 Å². The molecular formula is C13H12N4O. The second-order valence-electron chi connectivity index (χ2n) is 3.92. The maximum absolute atomic E-state index is 8.87. The van der Waals surface area contributed by atoms with Gasteiger partial charge >= 0.3 is 6.01 Å². The molecule has 0 saturated heterocycles. The number of rotatable bonds is 2. The average Bonchev–Trinajstić information content (AvgIpc) is 2.33. The molecular weight excluding hydrogens is 228 g/mol. The van der Waals surface area contributed by atoms with E-state index in [0.29, 0.717) is 17.1 Å². The van der Waals surface area contributed by atoms with Gasteiger partial charge in [0, 0.05) is 6.20 Å². The Balaban J connectivity index is 2.38. The molecule has 0 atom stereocenters. The van der Waals surface area contributed by atoms with Gasteiger partial charge in [-0.1, -0.05) is 0 Å². The first-order chi connectivity index (χ1) is 8.60. The number of nitrogens with two attached hydrogens (primary N) is 1. The van der Waals surface area contributed by atoms with Crippen molar-refractivity contribution < 1.29 is 4.74 Å². The zero-order chi connectivity index (χ0) is 13.1. The van der Waals surface area contributed by atoms with Crippen LogP contribution in [0.2, 0.25) is 0 Å². The van der Waals surface area contributed by atoms with Gasteiger partial charge in [0.05, 0.1) is 11.6 Å². The molecule has 0 aliphatic heterocycles. The van der Waals surface area contributed by atoms with Crippen LogP contribution in [0.1, 0.15) is 16.7 Å². The molecule has 0 radical (unpaired) electrons. The van der Waals surface area contributed by atoms with E-state index in [2.05, 4.69) is 16.0 Å². The molecule has 0 aliphatic carbocycles. The molecule has 0 spiro atoms. The Morgan fingerprint density at radius 1 is 1.28 bits per heavy atom. The molecule has 0 unspecified atom stereocenters. The van der Waals surface area contributed by atoms with Crippen molar-refractivity contribution in [1.29, 1.82) is 5.26 Å². The van der Waals surface area contributed by atoms with Crippen molar-refractivity contribution >= 4 is 5.82 Å². The van der Waals surface area contributed by atoms with E-state index in [1.165, 1.54) is 6.20 Å². The predicted molar refractivity (Wildman–Crippen MR) is 67.1 cm³/mol. The van der Waals surface area contributed by atoms with Crippen LogP contribution in [0.4, 0.5) is 5.82 Å². The maximum atomic E-state index is 8.87. The predicted octanol–water partition coefficient (Wildman–Crippen LogP) is 2.34. The number of ether oxygens (including phenoxy) is 1. The first-order valence-electron chi connectivity index (χ1n) is 5.38. The van der Waals surface area contributed by atoms with E-state index in [-0.39, 0.29) is 6.01 Å². The molecule has 2 N–H and O–H groups in total. The summed E-state index contributed by atoms with van der Waals surface area (Å²) in [6.07, 6.45) is 1.53. The normalized spacial score (nSPS) is 9.83. The summed E-state index contributed by atoms with van der Waals surface area (Å²) in [5.41, 5.74) is 7.88. The Morgan fingerprint density at radius 2 is 1.94 bits per heavy atom. The smallest absolute Gasteiger partial charge is 0.323 e. The summed E-state index contributed by atoms with van der Waals surface area (Å²) in [4.78, 5) is 7.95. The highest BCUT2D eigenvalue weighted by molar-refractivity contribution is 5.48. The summed E-state index contributed by atoms with van der Waals surface area (Å²) in [7, 11) is 0. The summed E-state index contributed by atoms with van der Waals surface area (Å²) >= 11 is 0. The van der Waals surface area contributed by atoms with Crippen molar-refractivity contribution in [3.05, 3.63) is 41.1 Å². The molecule has 18 heavy (non-hydrogen) atoms. The number of benzene rings is 1. The highest BCUT2D eigenvalue weighted by Gasteiger charge is 2.09. The van der Waals surface area contributed by atoms with Gasteiger partial charge in [0.25, 0.3) is 0 Å². The summed E-state index contributed by atoms with van der Waals surface area (Å²) in [5.74, 6) is 1.00. The molecule has 0 bridgehead atoms. The fraction of sp³-hybridized carbons (Fsp3) is 0.154. The average molecular weight is 240 g/mol. The Bertz CT molecular complexity index is 608. The quantitative estimate of drug-likeness (QED) is 0.870. The van der Waals surface area contributed by atoms with E-state index in [1.54, 1.807) is 18.2 Å². The van der Waals surface area contributed by atoms with E-state index in [1.807, 2.05) is 13.8 Å². The van der Waals surface area contributed by atoms with Crippen LogP contribution in [-0.2, 0) is 0 Å². The highest BCUT2D eigenvalue weighted by Crippen LogP contribution is 2.28. The zero-order valence-corrected chi connectivity index (χ0v) is 10.1. The Labute approximate surface area is 105 Å². The number of nitriles is 1. The SMILES string of the molecule is Cc1cc(C#N)cc(C)c1Oc1nccc(N)n1. The largest absolute Gasteiger partial charge is 0.424 e. The minimum atomic E-state index is 0.200. The molecule has 90 valence electrons. The lowest BCUT2D eigenvalue weighted by atomic mass is 10.1. The number of aromatic nitrogens is 2. The number of nitrogen functional groups attached to an aromatic ring is 1. The third-order valence-corrected chi connectivity index (χ3v) is 2.44. The molecule has 1 heterocycles.